The molecular weight excluding hydrogens is 504 g/mol. The van der Waals surface area contributed by atoms with Crippen LogP contribution in [-0.2, 0) is 11.2 Å². The van der Waals surface area contributed by atoms with E-state index in [1.165, 1.54) is 22.7 Å². The molecule has 6 rings (SSSR count). The molecular formula is C32H28N4O2S. The zero-order valence-electron chi connectivity index (χ0n) is 21.6. The van der Waals surface area contributed by atoms with Crippen molar-refractivity contribution in [1.82, 2.24) is 14.5 Å². The maximum absolute atomic E-state index is 13.7. The fraction of sp³-hybridized carbons (Fsp3) is 0.125. The van der Waals surface area contributed by atoms with Crippen LogP contribution >= 0.6 is 11.8 Å². The summed E-state index contributed by atoms with van der Waals surface area (Å²) in [6.45, 7) is 3.14. The van der Waals surface area contributed by atoms with Crippen LogP contribution in [-0.4, -0.2) is 38.7 Å². The van der Waals surface area contributed by atoms with Gasteiger partial charge >= 0.3 is 0 Å². The Labute approximate surface area is 231 Å². The molecule has 39 heavy (non-hydrogen) atoms. The number of rotatable bonds is 8. The number of carbonyl (C=O) groups is 1. The SMILES string of the molecule is CCOc1ccc(-n2cccc2C=C2SC(=Nc3ccccc3)N(CCc3c[nH]c4ccccc34)C2=O)cc1. The molecule has 0 radical (unpaired) electrons. The van der Waals surface area contributed by atoms with E-state index < -0.39 is 0 Å². The zero-order chi connectivity index (χ0) is 26.6. The van der Waals surface area contributed by atoms with Gasteiger partial charge in [0.15, 0.2) is 5.17 Å². The molecule has 1 fully saturated rings. The van der Waals surface area contributed by atoms with Gasteiger partial charge in [-0.1, -0.05) is 36.4 Å². The summed E-state index contributed by atoms with van der Waals surface area (Å²) in [5, 5.41) is 1.87. The van der Waals surface area contributed by atoms with Crippen molar-refractivity contribution in [2.75, 3.05) is 13.2 Å². The number of carbonyl (C=O) groups excluding carboxylic acids is 1. The van der Waals surface area contributed by atoms with Gasteiger partial charge in [0.25, 0.3) is 5.91 Å². The number of amides is 1. The Kier molecular flexibility index (Phi) is 7.06. The van der Waals surface area contributed by atoms with Crippen LogP contribution in [0.3, 0.4) is 0 Å². The van der Waals surface area contributed by atoms with Crippen molar-refractivity contribution in [3.05, 3.63) is 120 Å². The van der Waals surface area contributed by atoms with Gasteiger partial charge < -0.3 is 14.3 Å². The highest BCUT2D eigenvalue weighted by Gasteiger charge is 2.33. The quantitative estimate of drug-likeness (QED) is 0.215. The summed E-state index contributed by atoms with van der Waals surface area (Å²) in [6.07, 6.45) is 6.71. The van der Waals surface area contributed by atoms with Gasteiger partial charge in [-0.2, -0.15) is 0 Å². The highest BCUT2D eigenvalue weighted by Crippen LogP contribution is 2.35. The first-order valence-electron chi connectivity index (χ1n) is 13.0. The Morgan fingerprint density at radius 2 is 1.74 bits per heavy atom. The molecule has 0 atom stereocenters. The number of ether oxygens (including phenoxy) is 1. The Bertz CT molecular complexity index is 1670. The third-order valence-electron chi connectivity index (χ3n) is 6.63. The van der Waals surface area contributed by atoms with E-state index in [0.29, 0.717) is 23.2 Å². The molecule has 6 nitrogen and oxygen atoms in total. The lowest BCUT2D eigenvalue weighted by Crippen LogP contribution is -2.31. The lowest BCUT2D eigenvalue weighted by Gasteiger charge is -2.15. The standard InChI is InChI=1S/C32H28N4O2S/c1-2-38-27-16-14-25(15-17-27)35-19-8-11-26(35)21-30-31(37)36(32(39-30)34-24-9-4-3-5-10-24)20-18-23-22-33-29-13-7-6-12-28(23)29/h3-17,19,21-22,33H,2,18,20H2,1H3. The van der Waals surface area contributed by atoms with Crippen molar-refractivity contribution < 1.29 is 9.53 Å². The first-order valence-corrected chi connectivity index (χ1v) is 13.8. The van der Waals surface area contributed by atoms with Crippen molar-refractivity contribution in [3.63, 3.8) is 0 Å². The van der Waals surface area contributed by atoms with E-state index in [1.54, 1.807) is 4.90 Å². The number of aromatic nitrogens is 2. The molecule has 1 saturated heterocycles. The van der Waals surface area contributed by atoms with Crippen molar-refractivity contribution in [2.45, 2.75) is 13.3 Å². The number of amidine groups is 1. The molecule has 1 aliphatic heterocycles. The van der Waals surface area contributed by atoms with E-state index in [-0.39, 0.29) is 5.91 Å². The number of fused-ring (bicyclic) bond motifs is 1. The second-order valence-corrected chi connectivity index (χ2v) is 10.1. The van der Waals surface area contributed by atoms with Gasteiger partial charge in [-0.05, 0) is 91.3 Å². The van der Waals surface area contributed by atoms with Gasteiger partial charge in [0.1, 0.15) is 5.75 Å². The smallest absolute Gasteiger partial charge is 0.266 e. The van der Waals surface area contributed by atoms with E-state index in [9.17, 15) is 4.79 Å². The van der Waals surface area contributed by atoms with Crippen LogP contribution < -0.4 is 4.74 Å². The van der Waals surface area contributed by atoms with Crippen molar-refractivity contribution in [3.8, 4) is 11.4 Å². The number of H-pyrrole nitrogens is 1. The summed E-state index contributed by atoms with van der Waals surface area (Å²) in [6, 6.07) is 30.0. The van der Waals surface area contributed by atoms with E-state index in [4.69, 9.17) is 9.73 Å². The number of benzene rings is 3. The average molecular weight is 533 g/mol. The number of aromatic amines is 1. The maximum Gasteiger partial charge on any atom is 0.266 e. The highest BCUT2D eigenvalue weighted by molar-refractivity contribution is 8.18. The molecule has 2 aromatic heterocycles. The second kappa shape index (κ2) is 11.1. The minimum Gasteiger partial charge on any atom is -0.494 e. The van der Waals surface area contributed by atoms with Crippen molar-refractivity contribution in [2.24, 2.45) is 4.99 Å². The number of nitrogens with zero attached hydrogens (tertiary/aromatic N) is 3. The summed E-state index contributed by atoms with van der Waals surface area (Å²) in [7, 11) is 0. The summed E-state index contributed by atoms with van der Waals surface area (Å²) in [4.78, 5) is 24.4. The van der Waals surface area contributed by atoms with Crippen LogP contribution in [0.2, 0.25) is 0 Å². The van der Waals surface area contributed by atoms with Gasteiger partial charge in [-0.25, -0.2) is 4.99 Å². The molecule has 5 aromatic rings. The normalized spacial score (nSPS) is 15.6. The van der Waals surface area contributed by atoms with Crippen LogP contribution in [0, 0.1) is 0 Å². The largest absolute Gasteiger partial charge is 0.494 e. The number of hydrogen-bond acceptors (Lipinski definition) is 4. The summed E-state index contributed by atoms with van der Waals surface area (Å²) in [5.41, 5.74) is 5.03. The number of thioether (sulfide) groups is 1. The monoisotopic (exact) mass is 532 g/mol. The fourth-order valence-corrected chi connectivity index (χ4v) is 5.73. The minimum atomic E-state index is -0.0334. The average Bonchev–Trinajstić information content (AvgIpc) is 3.67. The Morgan fingerprint density at radius 3 is 2.56 bits per heavy atom. The predicted octanol–water partition coefficient (Wildman–Crippen LogP) is 7.20. The summed E-state index contributed by atoms with van der Waals surface area (Å²) in [5.74, 6) is 0.802. The molecule has 0 saturated carbocycles. The molecule has 0 spiro atoms. The van der Waals surface area contributed by atoms with E-state index in [1.807, 2.05) is 104 Å². The lowest BCUT2D eigenvalue weighted by molar-refractivity contribution is -0.122. The first kappa shape index (κ1) is 24.8. The third-order valence-corrected chi connectivity index (χ3v) is 7.64. The van der Waals surface area contributed by atoms with E-state index >= 15 is 0 Å². The van der Waals surface area contributed by atoms with Crippen molar-refractivity contribution >= 4 is 45.5 Å². The topological polar surface area (TPSA) is 62.6 Å². The van der Waals surface area contributed by atoms with Crippen LogP contribution in [0.1, 0.15) is 18.2 Å². The van der Waals surface area contributed by atoms with Crippen LogP contribution in [0.25, 0.3) is 22.7 Å². The lowest BCUT2D eigenvalue weighted by atomic mass is 10.1. The molecule has 1 aliphatic rings. The number of para-hydroxylation sites is 2. The number of aliphatic imine (C=N–C) groups is 1. The molecule has 194 valence electrons. The zero-order valence-corrected chi connectivity index (χ0v) is 22.4. The molecule has 3 heterocycles. The van der Waals surface area contributed by atoms with Gasteiger partial charge in [0.2, 0.25) is 0 Å². The fourth-order valence-electron chi connectivity index (χ4n) is 4.72. The molecule has 0 bridgehead atoms. The Hall–Kier alpha value is -4.49. The van der Waals surface area contributed by atoms with Crippen LogP contribution in [0.4, 0.5) is 5.69 Å². The van der Waals surface area contributed by atoms with Crippen LogP contribution in [0.15, 0.2) is 113 Å². The molecule has 7 heteroatoms. The van der Waals surface area contributed by atoms with E-state index in [0.717, 1.165) is 34.8 Å². The number of hydrogen-bond donors (Lipinski definition) is 1. The Balaban J connectivity index is 1.30. The molecule has 1 N–H and O–H groups in total. The highest BCUT2D eigenvalue weighted by atomic mass is 32.2. The summed E-state index contributed by atoms with van der Waals surface area (Å²) >= 11 is 1.42. The van der Waals surface area contributed by atoms with Gasteiger partial charge in [-0.15, -0.1) is 0 Å². The predicted molar refractivity (Wildman–Crippen MR) is 160 cm³/mol. The molecule has 1 amide bonds. The van der Waals surface area contributed by atoms with Gasteiger partial charge in [-0.3, -0.25) is 9.69 Å². The number of nitrogens with one attached hydrogen (secondary N) is 1. The Morgan fingerprint density at radius 1 is 0.949 bits per heavy atom. The van der Waals surface area contributed by atoms with Crippen molar-refractivity contribution in [1.29, 1.82) is 0 Å². The van der Waals surface area contributed by atoms with Crippen LogP contribution in [0.5, 0.6) is 5.75 Å². The molecule has 0 unspecified atom stereocenters. The minimum absolute atomic E-state index is 0.0334. The summed E-state index contributed by atoms with van der Waals surface area (Å²) < 4.78 is 7.65. The second-order valence-electron chi connectivity index (χ2n) is 9.14. The third kappa shape index (κ3) is 5.26. The molecule has 0 aliphatic carbocycles. The maximum atomic E-state index is 13.7. The first-order chi connectivity index (χ1) is 19.2. The van der Waals surface area contributed by atoms with E-state index in [2.05, 4.69) is 21.7 Å². The molecule has 3 aromatic carbocycles. The van der Waals surface area contributed by atoms with Gasteiger partial charge in [0, 0.05) is 41.2 Å². The van der Waals surface area contributed by atoms with Gasteiger partial charge in [0.05, 0.1) is 17.2 Å².